The molecule has 0 fully saturated rings. The number of amides is 1. The first-order chi connectivity index (χ1) is 11.1. The molecule has 0 unspecified atom stereocenters. The summed E-state index contributed by atoms with van der Waals surface area (Å²) in [6, 6.07) is 18.5. The Morgan fingerprint density at radius 3 is 2.61 bits per heavy atom. The Morgan fingerprint density at radius 2 is 1.96 bits per heavy atom. The van der Waals surface area contributed by atoms with E-state index in [9.17, 15) is 9.70 Å². The molecule has 0 saturated carbocycles. The van der Waals surface area contributed by atoms with Gasteiger partial charge in [-0.05, 0) is 47.3 Å². The quantitative estimate of drug-likeness (QED) is 0.436. The van der Waals surface area contributed by atoms with Crippen molar-refractivity contribution in [2.75, 3.05) is 5.32 Å². The van der Waals surface area contributed by atoms with Crippen molar-refractivity contribution >= 4 is 28.6 Å². The van der Waals surface area contributed by atoms with Crippen molar-refractivity contribution in [1.82, 2.24) is 0 Å². The van der Waals surface area contributed by atoms with E-state index in [1.165, 1.54) is 0 Å². The number of thiophene rings is 1. The van der Waals surface area contributed by atoms with Crippen LogP contribution < -0.4 is 11.2 Å². The van der Waals surface area contributed by atoms with Gasteiger partial charge < -0.3 is 5.32 Å². The summed E-state index contributed by atoms with van der Waals surface area (Å²) in [6.07, 6.45) is 0. The van der Waals surface area contributed by atoms with Crippen LogP contribution in [-0.2, 0) is 0 Å². The van der Waals surface area contributed by atoms with E-state index in [0.29, 0.717) is 11.3 Å². The SMILES string of the molecule is N[N+](=O)c1ccc(-c2cccs2)cc1NC(=O)c1cc[c]cc1. The van der Waals surface area contributed by atoms with Gasteiger partial charge in [-0.2, -0.15) is 5.84 Å². The number of carbonyl (C=O) groups is 1. The van der Waals surface area contributed by atoms with Gasteiger partial charge in [-0.3, -0.25) is 4.79 Å². The van der Waals surface area contributed by atoms with E-state index >= 15 is 0 Å². The van der Waals surface area contributed by atoms with E-state index in [1.54, 1.807) is 53.8 Å². The highest BCUT2D eigenvalue weighted by molar-refractivity contribution is 7.13. The van der Waals surface area contributed by atoms with Crippen LogP contribution in [-0.4, -0.2) is 10.8 Å². The summed E-state index contributed by atoms with van der Waals surface area (Å²) in [6.45, 7) is 0. The van der Waals surface area contributed by atoms with Crippen LogP contribution in [0.1, 0.15) is 10.4 Å². The molecule has 6 heteroatoms. The number of hydrogen-bond donors (Lipinski definition) is 2. The van der Waals surface area contributed by atoms with Gasteiger partial charge in [0.15, 0.2) is 4.87 Å². The predicted molar refractivity (Wildman–Crippen MR) is 90.5 cm³/mol. The van der Waals surface area contributed by atoms with Gasteiger partial charge in [0.1, 0.15) is 5.69 Å². The smallest absolute Gasteiger partial charge is 0.314 e. The molecule has 1 amide bonds. The molecule has 5 nitrogen and oxygen atoms in total. The molecule has 3 aromatic rings. The van der Waals surface area contributed by atoms with Gasteiger partial charge >= 0.3 is 5.69 Å². The van der Waals surface area contributed by atoms with Gasteiger partial charge in [0, 0.05) is 16.5 Å². The van der Waals surface area contributed by atoms with Crippen LogP contribution in [0.4, 0.5) is 11.4 Å². The minimum Gasteiger partial charge on any atom is -0.316 e. The van der Waals surface area contributed by atoms with Crippen molar-refractivity contribution in [3.63, 3.8) is 0 Å². The molecule has 3 N–H and O–H groups in total. The van der Waals surface area contributed by atoms with Crippen molar-refractivity contribution in [3.05, 3.63) is 76.5 Å². The number of nitrogens with one attached hydrogen (secondary N) is 1. The molecule has 0 spiro atoms. The fourth-order valence-electron chi connectivity index (χ4n) is 2.16. The lowest BCUT2D eigenvalue weighted by Gasteiger charge is -2.07. The molecule has 0 atom stereocenters. The third-order valence-electron chi connectivity index (χ3n) is 3.27. The number of benzene rings is 2. The standard InChI is InChI=1S/C17H12N3O2S/c18-20(22)15-9-8-13(16-7-4-10-23-16)11-14(15)19-17(21)12-5-2-1-3-6-12/h2-11H,(H2-,18,19,21,22)/p+1. The van der Waals surface area contributed by atoms with Crippen molar-refractivity contribution in [2.24, 2.45) is 5.84 Å². The second kappa shape index (κ2) is 6.41. The number of rotatable bonds is 4. The van der Waals surface area contributed by atoms with E-state index in [-0.39, 0.29) is 16.5 Å². The third kappa shape index (κ3) is 3.27. The Bertz CT molecular complexity index is 846. The average molecular weight is 323 g/mol. The van der Waals surface area contributed by atoms with E-state index in [4.69, 9.17) is 5.84 Å². The molecule has 113 valence electrons. The van der Waals surface area contributed by atoms with Gasteiger partial charge in [-0.1, -0.05) is 18.2 Å². The second-order valence-electron chi connectivity index (χ2n) is 4.78. The van der Waals surface area contributed by atoms with Gasteiger partial charge in [-0.25, -0.2) is 0 Å². The van der Waals surface area contributed by atoms with E-state index < -0.39 is 0 Å². The molecule has 0 saturated heterocycles. The maximum absolute atomic E-state index is 12.3. The van der Waals surface area contributed by atoms with E-state index in [1.807, 2.05) is 17.5 Å². The summed E-state index contributed by atoms with van der Waals surface area (Å²) in [4.78, 5) is 25.1. The Hall–Kier alpha value is -2.99. The number of nitrogens with zero attached hydrogens (tertiary/aromatic N) is 1. The van der Waals surface area contributed by atoms with Crippen LogP contribution in [0.25, 0.3) is 10.4 Å². The van der Waals surface area contributed by atoms with Crippen LogP contribution in [0.15, 0.2) is 60.0 Å². The van der Waals surface area contributed by atoms with Crippen LogP contribution in [0.5, 0.6) is 0 Å². The highest BCUT2D eigenvalue weighted by atomic mass is 32.1. The van der Waals surface area contributed by atoms with Crippen LogP contribution >= 0.6 is 11.3 Å². The van der Waals surface area contributed by atoms with Crippen LogP contribution in [0.2, 0.25) is 0 Å². The topological polar surface area (TPSA) is 75.2 Å². The molecule has 23 heavy (non-hydrogen) atoms. The molecule has 2 aromatic carbocycles. The summed E-state index contributed by atoms with van der Waals surface area (Å²) in [7, 11) is 0. The highest BCUT2D eigenvalue weighted by Gasteiger charge is 2.19. The summed E-state index contributed by atoms with van der Waals surface area (Å²) in [5, 5.41) is 4.70. The number of anilines is 1. The van der Waals surface area contributed by atoms with Gasteiger partial charge in [0.05, 0.1) is 4.91 Å². The molecule has 3 rings (SSSR count). The molecule has 0 bridgehead atoms. The highest BCUT2D eigenvalue weighted by Crippen LogP contribution is 2.32. The lowest BCUT2D eigenvalue weighted by molar-refractivity contribution is -0.473. The van der Waals surface area contributed by atoms with Crippen LogP contribution in [0, 0.1) is 11.0 Å². The number of carbonyl (C=O) groups excluding carboxylic acids is 1. The summed E-state index contributed by atoms with van der Waals surface area (Å²) in [5.74, 6) is 5.01. The zero-order chi connectivity index (χ0) is 16.2. The molecule has 1 radical (unpaired) electrons. The first-order valence-corrected chi connectivity index (χ1v) is 7.70. The molecular formula is C17H13N3O2S+. The second-order valence-corrected chi connectivity index (χ2v) is 5.73. The van der Waals surface area contributed by atoms with Gasteiger partial charge in [0.25, 0.3) is 5.91 Å². The Morgan fingerprint density at radius 1 is 1.17 bits per heavy atom. The maximum Gasteiger partial charge on any atom is 0.314 e. The summed E-state index contributed by atoms with van der Waals surface area (Å²) < 4.78 is 0. The molecule has 1 heterocycles. The predicted octanol–water partition coefficient (Wildman–Crippen LogP) is 3.75. The van der Waals surface area contributed by atoms with Crippen molar-refractivity contribution in [3.8, 4) is 10.4 Å². The normalized spacial score (nSPS) is 10.3. The Labute approximate surface area is 136 Å². The fourth-order valence-corrected chi connectivity index (χ4v) is 2.88. The lowest BCUT2D eigenvalue weighted by atomic mass is 10.1. The van der Waals surface area contributed by atoms with Gasteiger partial charge in [0.2, 0.25) is 0 Å². The van der Waals surface area contributed by atoms with E-state index in [0.717, 1.165) is 10.4 Å². The Balaban J connectivity index is 1.97. The molecule has 0 aliphatic carbocycles. The third-order valence-corrected chi connectivity index (χ3v) is 4.19. The summed E-state index contributed by atoms with van der Waals surface area (Å²) in [5.41, 5.74) is 1.94. The monoisotopic (exact) mass is 323 g/mol. The van der Waals surface area contributed by atoms with Crippen LogP contribution in [0.3, 0.4) is 0 Å². The average Bonchev–Trinajstić information content (AvgIpc) is 3.10. The number of hydrazine groups is 1. The molecular weight excluding hydrogens is 310 g/mol. The number of nitroso groups, excluding NO2 is 1. The van der Waals surface area contributed by atoms with Crippen molar-refractivity contribution in [1.29, 1.82) is 0 Å². The molecule has 0 aliphatic heterocycles. The number of nitrogens with two attached hydrogens (primary N) is 1. The largest absolute Gasteiger partial charge is 0.316 e. The van der Waals surface area contributed by atoms with Crippen molar-refractivity contribution in [2.45, 2.75) is 0 Å². The van der Waals surface area contributed by atoms with Gasteiger partial charge in [-0.15, -0.1) is 11.3 Å². The maximum atomic E-state index is 12.3. The van der Waals surface area contributed by atoms with E-state index in [2.05, 4.69) is 11.4 Å². The zero-order valence-corrected chi connectivity index (χ0v) is 12.8. The van der Waals surface area contributed by atoms with Crippen molar-refractivity contribution < 1.29 is 9.66 Å². The summed E-state index contributed by atoms with van der Waals surface area (Å²) >= 11 is 1.57. The minimum atomic E-state index is -0.314. The lowest BCUT2D eigenvalue weighted by Crippen LogP contribution is -2.16. The first kappa shape index (κ1) is 14.9. The number of hydrogen-bond acceptors (Lipinski definition) is 3. The Kier molecular flexibility index (Phi) is 4.16. The zero-order valence-electron chi connectivity index (χ0n) is 12.0. The first-order valence-electron chi connectivity index (χ1n) is 6.82. The fraction of sp³-hybridized carbons (Fsp3) is 0. The molecule has 1 aromatic heterocycles. The molecule has 0 aliphatic rings. The minimum absolute atomic E-state index is 0.196.